The lowest BCUT2D eigenvalue weighted by molar-refractivity contribution is 0.162. The van der Waals surface area contributed by atoms with Gasteiger partial charge in [-0.1, -0.05) is 15.9 Å². The smallest absolute Gasteiger partial charge is 0.162 e. The number of rotatable bonds is 5. The lowest BCUT2D eigenvalue weighted by Gasteiger charge is -2.22. The Kier molecular flexibility index (Phi) is 5.07. The molecule has 5 heteroatoms. The third kappa shape index (κ3) is 4.09. The van der Waals surface area contributed by atoms with Gasteiger partial charge in [0, 0.05) is 17.6 Å². The summed E-state index contributed by atoms with van der Waals surface area (Å²) in [6.07, 6.45) is 0.518. The highest BCUT2D eigenvalue weighted by atomic mass is 79.9. The van der Waals surface area contributed by atoms with Crippen LogP contribution in [0.4, 0.5) is 0 Å². The highest BCUT2D eigenvalue weighted by Gasteiger charge is 2.15. The topological polar surface area (TPSA) is 41.9 Å². The van der Waals surface area contributed by atoms with E-state index in [0.29, 0.717) is 13.2 Å². The highest BCUT2D eigenvalue weighted by molar-refractivity contribution is 9.10. The third-order valence-corrected chi connectivity index (χ3v) is 3.82. The van der Waals surface area contributed by atoms with Gasteiger partial charge in [-0.25, -0.2) is 0 Å². The van der Waals surface area contributed by atoms with Crippen LogP contribution in [0, 0.1) is 0 Å². The van der Waals surface area contributed by atoms with Crippen molar-refractivity contribution in [3.05, 3.63) is 22.2 Å². The van der Waals surface area contributed by atoms with Gasteiger partial charge in [0.05, 0.1) is 6.10 Å². The maximum Gasteiger partial charge on any atom is 0.162 e. The minimum Gasteiger partial charge on any atom is -0.486 e. The lowest BCUT2D eigenvalue weighted by Crippen LogP contribution is -2.22. The molecule has 0 radical (unpaired) electrons. The molecule has 0 saturated carbocycles. The van der Waals surface area contributed by atoms with E-state index in [1.165, 1.54) is 0 Å². The van der Waals surface area contributed by atoms with Crippen LogP contribution in [0.5, 0.6) is 11.5 Å². The molecule has 2 rings (SSSR count). The lowest BCUT2D eigenvalue weighted by atomic mass is 10.1. The van der Waals surface area contributed by atoms with E-state index in [1.54, 1.807) is 0 Å². The first-order valence-electron chi connectivity index (χ1n) is 6.51. The van der Waals surface area contributed by atoms with Gasteiger partial charge in [-0.3, -0.25) is 0 Å². The highest BCUT2D eigenvalue weighted by Crippen LogP contribution is 2.35. The van der Waals surface area contributed by atoms with Gasteiger partial charge >= 0.3 is 0 Å². The van der Waals surface area contributed by atoms with Crippen LogP contribution in [0.15, 0.2) is 16.6 Å². The van der Waals surface area contributed by atoms with Crippen LogP contribution < -0.4 is 9.47 Å². The molecule has 1 atom stereocenters. The van der Waals surface area contributed by atoms with Gasteiger partial charge in [0.25, 0.3) is 0 Å². The molecule has 1 aromatic rings. The summed E-state index contributed by atoms with van der Waals surface area (Å²) >= 11 is 3.57. The number of hydrogen-bond donors (Lipinski definition) is 1. The third-order valence-electron chi connectivity index (χ3n) is 3.08. The van der Waals surface area contributed by atoms with Crippen molar-refractivity contribution >= 4 is 15.9 Å². The Morgan fingerprint density at radius 2 is 1.95 bits per heavy atom. The number of halogens is 1. The van der Waals surface area contributed by atoms with Crippen LogP contribution in [-0.4, -0.2) is 42.9 Å². The van der Waals surface area contributed by atoms with Gasteiger partial charge in [-0.05, 0) is 38.1 Å². The SMILES string of the molecule is CC(O)CCN(C)Cc1cc2c(cc1Br)OCCO2. The average Bonchev–Trinajstić information content (AvgIpc) is 2.37. The largest absolute Gasteiger partial charge is 0.486 e. The molecule has 1 aliphatic heterocycles. The number of aliphatic hydroxyl groups is 1. The Bertz CT molecular complexity index is 437. The number of hydrogen-bond acceptors (Lipinski definition) is 4. The normalized spacial score (nSPS) is 15.6. The van der Waals surface area contributed by atoms with Crippen LogP contribution >= 0.6 is 15.9 Å². The molecule has 106 valence electrons. The molecule has 1 unspecified atom stereocenters. The molecule has 1 aromatic carbocycles. The Morgan fingerprint density at radius 1 is 1.32 bits per heavy atom. The maximum absolute atomic E-state index is 9.31. The maximum atomic E-state index is 9.31. The van der Waals surface area contributed by atoms with Crippen LogP contribution in [0.3, 0.4) is 0 Å². The Balaban J connectivity index is 2.03. The fraction of sp³-hybridized carbons (Fsp3) is 0.571. The van der Waals surface area contributed by atoms with E-state index < -0.39 is 0 Å². The predicted molar refractivity (Wildman–Crippen MR) is 77.8 cm³/mol. The summed E-state index contributed by atoms with van der Waals surface area (Å²) in [4.78, 5) is 2.18. The first kappa shape index (κ1) is 14.6. The molecule has 1 N–H and O–H groups in total. The van der Waals surface area contributed by atoms with Gasteiger partial charge in [0.2, 0.25) is 0 Å². The van der Waals surface area contributed by atoms with Gasteiger partial charge in [0.15, 0.2) is 11.5 Å². The van der Waals surface area contributed by atoms with Gasteiger partial charge in [-0.2, -0.15) is 0 Å². The molecule has 0 saturated heterocycles. The fourth-order valence-electron chi connectivity index (χ4n) is 2.00. The summed E-state index contributed by atoms with van der Waals surface area (Å²) in [7, 11) is 2.05. The molecule has 19 heavy (non-hydrogen) atoms. The summed E-state index contributed by atoms with van der Waals surface area (Å²) in [6.45, 7) is 4.69. The molecule has 1 aliphatic rings. The van der Waals surface area contributed by atoms with E-state index >= 15 is 0 Å². The summed E-state index contributed by atoms with van der Waals surface area (Å²) < 4.78 is 12.2. The molecular weight excluding hydrogens is 310 g/mol. The van der Waals surface area contributed by atoms with Crippen molar-refractivity contribution in [2.45, 2.75) is 26.0 Å². The van der Waals surface area contributed by atoms with Crippen molar-refractivity contribution in [2.24, 2.45) is 0 Å². The summed E-state index contributed by atoms with van der Waals surface area (Å²) in [5.41, 5.74) is 1.16. The van der Waals surface area contributed by atoms with Gasteiger partial charge in [0.1, 0.15) is 13.2 Å². The molecular formula is C14H20BrNO3. The zero-order valence-electron chi connectivity index (χ0n) is 11.4. The average molecular weight is 330 g/mol. The number of fused-ring (bicyclic) bond motifs is 1. The summed E-state index contributed by atoms with van der Waals surface area (Å²) in [6, 6.07) is 3.99. The summed E-state index contributed by atoms with van der Waals surface area (Å²) in [5.74, 6) is 1.61. The molecule has 4 nitrogen and oxygen atoms in total. The minimum atomic E-state index is -0.258. The van der Waals surface area contributed by atoms with Crippen molar-refractivity contribution in [2.75, 3.05) is 26.8 Å². The number of ether oxygens (including phenoxy) is 2. The van der Waals surface area contributed by atoms with Crippen molar-refractivity contribution in [1.29, 1.82) is 0 Å². The second-order valence-electron chi connectivity index (χ2n) is 4.96. The quantitative estimate of drug-likeness (QED) is 0.900. The molecule has 0 aromatic heterocycles. The zero-order valence-corrected chi connectivity index (χ0v) is 12.9. The van der Waals surface area contributed by atoms with Crippen molar-refractivity contribution in [1.82, 2.24) is 4.90 Å². The molecule has 0 aliphatic carbocycles. The van der Waals surface area contributed by atoms with E-state index in [9.17, 15) is 5.11 Å². The van der Waals surface area contributed by atoms with Crippen LogP contribution in [0.2, 0.25) is 0 Å². The first-order chi connectivity index (χ1) is 9.06. The first-order valence-corrected chi connectivity index (χ1v) is 7.30. The van der Waals surface area contributed by atoms with Crippen LogP contribution in [0.25, 0.3) is 0 Å². The molecule has 0 spiro atoms. The molecule has 0 amide bonds. The fourth-order valence-corrected chi connectivity index (χ4v) is 2.45. The Morgan fingerprint density at radius 3 is 2.58 bits per heavy atom. The van der Waals surface area contributed by atoms with E-state index in [2.05, 4.69) is 20.8 Å². The second kappa shape index (κ2) is 6.59. The minimum absolute atomic E-state index is 0.258. The van der Waals surface area contributed by atoms with E-state index in [0.717, 1.165) is 41.0 Å². The number of benzene rings is 1. The Labute approximate surface area is 122 Å². The van der Waals surface area contributed by atoms with E-state index in [4.69, 9.17) is 9.47 Å². The Hall–Kier alpha value is -0.780. The van der Waals surface area contributed by atoms with Crippen molar-refractivity contribution in [3.8, 4) is 11.5 Å². The van der Waals surface area contributed by atoms with Crippen LogP contribution in [0.1, 0.15) is 18.9 Å². The van der Waals surface area contributed by atoms with E-state index in [-0.39, 0.29) is 6.10 Å². The van der Waals surface area contributed by atoms with Crippen molar-refractivity contribution in [3.63, 3.8) is 0 Å². The zero-order chi connectivity index (χ0) is 13.8. The second-order valence-corrected chi connectivity index (χ2v) is 5.82. The van der Waals surface area contributed by atoms with Crippen molar-refractivity contribution < 1.29 is 14.6 Å². The van der Waals surface area contributed by atoms with Crippen LogP contribution in [-0.2, 0) is 6.54 Å². The number of aliphatic hydroxyl groups excluding tert-OH is 1. The molecule has 0 fully saturated rings. The molecule has 1 heterocycles. The molecule has 0 bridgehead atoms. The van der Waals surface area contributed by atoms with Gasteiger partial charge in [-0.15, -0.1) is 0 Å². The standard InChI is InChI=1S/C14H20BrNO3/c1-10(17)3-4-16(2)9-11-7-13-14(8-12(11)15)19-6-5-18-13/h7-8,10,17H,3-6,9H2,1-2H3. The predicted octanol–water partition coefficient (Wildman–Crippen LogP) is 2.42. The van der Waals surface area contributed by atoms with Gasteiger partial charge < -0.3 is 19.5 Å². The van der Waals surface area contributed by atoms with E-state index in [1.807, 2.05) is 26.1 Å². The summed E-state index contributed by atoms with van der Waals surface area (Å²) in [5, 5.41) is 9.31. The number of nitrogens with zero attached hydrogens (tertiary/aromatic N) is 1. The monoisotopic (exact) mass is 329 g/mol.